The van der Waals surface area contributed by atoms with Crippen LogP contribution >= 0.6 is 0 Å². The Kier molecular flexibility index (Phi) is 7.81. The van der Waals surface area contributed by atoms with E-state index in [4.69, 9.17) is 9.47 Å². The fourth-order valence-electron chi connectivity index (χ4n) is 3.27. The number of morpholine rings is 1. The Morgan fingerprint density at radius 1 is 1.28 bits per heavy atom. The summed E-state index contributed by atoms with van der Waals surface area (Å²) in [6, 6.07) is 9.83. The van der Waals surface area contributed by atoms with Gasteiger partial charge in [-0.3, -0.25) is 4.79 Å². The van der Waals surface area contributed by atoms with Crippen molar-refractivity contribution >= 4 is 15.9 Å². The van der Waals surface area contributed by atoms with Gasteiger partial charge in [0.2, 0.25) is 21.8 Å². The van der Waals surface area contributed by atoms with Gasteiger partial charge in [0.1, 0.15) is 18.5 Å². The van der Waals surface area contributed by atoms with E-state index >= 15 is 0 Å². The van der Waals surface area contributed by atoms with Crippen molar-refractivity contribution in [3.05, 3.63) is 47.9 Å². The third kappa shape index (κ3) is 6.02. The van der Waals surface area contributed by atoms with E-state index in [2.05, 4.69) is 9.97 Å². The van der Waals surface area contributed by atoms with Gasteiger partial charge in [0.25, 0.3) is 0 Å². The number of ether oxygens (including phenoxy) is 2. The van der Waals surface area contributed by atoms with Crippen molar-refractivity contribution in [2.45, 2.75) is 37.7 Å². The summed E-state index contributed by atoms with van der Waals surface area (Å²) in [6.45, 7) is 6.98. The zero-order valence-corrected chi connectivity index (χ0v) is 19.7. The van der Waals surface area contributed by atoms with Crippen LogP contribution in [-0.4, -0.2) is 79.5 Å². The zero-order chi connectivity index (χ0) is 23.3. The lowest BCUT2D eigenvalue weighted by molar-refractivity contribution is -0.139. The van der Waals surface area contributed by atoms with E-state index in [1.807, 2.05) is 20.8 Å². The number of amides is 1. The summed E-state index contributed by atoms with van der Waals surface area (Å²) in [5, 5.41) is 0. The topological polar surface area (TPSA) is 102 Å². The molecule has 0 aliphatic carbocycles. The molecule has 32 heavy (non-hydrogen) atoms. The third-order valence-electron chi connectivity index (χ3n) is 5.08. The Morgan fingerprint density at radius 3 is 2.69 bits per heavy atom. The molecule has 1 fully saturated rings. The maximum absolute atomic E-state index is 12.8. The largest absolute Gasteiger partial charge is 0.475 e. The Balaban J connectivity index is 1.57. The van der Waals surface area contributed by atoms with Gasteiger partial charge in [-0.05, 0) is 19.1 Å². The lowest BCUT2D eigenvalue weighted by Crippen LogP contribution is -2.50. The van der Waals surface area contributed by atoms with Crippen molar-refractivity contribution in [3.63, 3.8) is 0 Å². The Morgan fingerprint density at radius 2 is 2.00 bits per heavy atom. The molecule has 1 aliphatic rings. The second-order valence-corrected chi connectivity index (χ2v) is 10.1. The second-order valence-electron chi connectivity index (χ2n) is 8.08. The number of likely N-dealkylation sites (N-methyl/N-ethyl adjacent to an activating group) is 1. The molecule has 1 atom stereocenters. The molecule has 1 aliphatic heterocycles. The SMILES string of the molecule is Cc1cc(OCC2CN(C(=O)CN(C)S(=O)(=O)c3ccccc3)CCO2)nc(C(C)C)n1. The molecular formula is C22H30N4O5S. The minimum Gasteiger partial charge on any atom is -0.475 e. The first-order valence-electron chi connectivity index (χ1n) is 10.6. The number of hydrogen-bond donors (Lipinski definition) is 0. The maximum Gasteiger partial charge on any atom is 0.243 e. The summed E-state index contributed by atoms with van der Waals surface area (Å²) in [4.78, 5) is 23.4. The molecule has 0 spiro atoms. The van der Waals surface area contributed by atoms with E-state index in [9.17, 15) is 13.2 Å². The van der Waals surface area contributed by atoms with Crippen LogP contribution in [0.15, 0.2) is 41.3 Å². The van der Waals surface area contributed by atoms with Crippen LogP contribution in [0.2, 0.25) is 0 Å². The highest BCUT2D eigenvalue weighted by molar-refractivity contribution is 7.89. The smallest absolute Gasteiger partial charge is 0.243 e. The number of carbonyl (C=O) groups is 1. The van der Waals surface area contributed by atoms with Crippen LogP contribution in [0.5, 0.6) is 5.88 Å². The van der Waals surface area contributed by atoms with E-state index in [-0.39, 0.29) is 36.0 Å². The molecule has 0 N–H and O–H groups in total. The van der Waals surface area contributed by atoms with Crippen LogP contribution in [0.1, 0.15) is 31.3 Å². The number of aryl methyl sites for hydroxylation is 1. The molecule has 2 aromatic rings. The zero-order valence-electron chi connectivity index (χ0n) is 18.9. The molecule has 0 bridgehead atoms. The molecule has 0 saturated carbocycles. The summed E-state index contributed by atoms with van der Waals surface area (Å²) in [5.74, 6) is 1.09. The van der Waals surface area contributed by atoms with Crippen LogP contribution < -0.4 is 4.74 Å². The Labute approximate surface area is 189 Å². The number of sulfonamides is 1. The number of nitrogens with zero attached hydrogens (tertiary/aromatic N) is 4. The summed E-state index contributed by atoms with van der Waals surface area (Å²) in [7, 11) is -2.32. The molecule has 1 amide bonds. The molecule has 3 rings (SSSR count). The van der Waals surface area contributed by atoms with Crippen molar-refractivity contribution in [2.75, 3.05) is 39.9 Å². The molecule has 1 aromatic heterocycles. The van der Waals surface area contributed by atoms with Gasteiger partial charge in [0, 0.05) is 31.3 Å². The highest BCUT2D eigenvalue weighted by atomic mass is 32.2. The fraction of sp³-hybridized carbons (Fsp3) is 0.500. The molecule has 2 heterocycles. The monoisotopic (exact) mass is 462 g/mol. The first-order chi connectivity index (χ1) is 15.2. The Hall–Kier alpha value is -2.56. The van der Waals surface area contributed by atoms with Crippen molar-refractivity contribution in [2.24, 2.45) is 0 Å². The van der Waals surface area contributed by atoms with Crippen LogP contribution in [0.3, 0.4) is 0 Å². The number of hydrogen-bond acceptors (Lipinski definition) is 7. The predicted molar refractivity (Wildman–Crippen MR) is 119 cm³/mol. The van der Waals surface area contributed by atoms with Gasteiger partial charge in [-0.15, -0.1) is 0 Å². The summed E-state index contributed by atoms with van der Waals surface area (Å²) in [6.07, 6.45) is -0.332. The standard InChI is InChI=1S/C22H30N4O5S/c1-16(2)22-23-17(3)12-20(24-22)31-15-18-13-26(10-11-30-18)21(27)14-25(4)32(28,29)19-8-6-5-7-9-19/h5-9,12,16,18H,10-11,13-15H2,1-4H3. The summed E-state index contributed by atoms with van der Waals surface area (Å²) < 4.78 is 38.0. The van der Waals surface area contributed by atoms with Gasteiger partial charge in [0.15, 0.2) is 0 Å². The maximum atomic E-state index is 12.8. The van der Waals surface area contributed by atoms with Gasteiger partial charge in [-0.1, -0.05) is 32.0 Å². The van der Waals surface area contributed by atoms with Crippen LogP contribution in [0, 0.1) is 6.92 Å². The quantitative estimate of drug-likeness (QED) is 0.590. The summed E-state index contributed by atoms with van der Waals surface area (Å²) >= 11 is 0. The van der Waals surface area contributed by atoms with Gasteiger partial charge >= 0.3 is 0 Å². The number of aromatic nitrogens is 2. The first kappa shape index (κ1) is 24.1. The van der Waals surface area contributed by atoms with Crippen LogP contribution in [0.4, 0.5) is 0 Å². The lowest BCUT2D eigenvalue weighted by Gasteiger charge is -2.33. The van der Waals surface area contributed by atoms with E-state index in [0.29, 0.717) is 31.4 Å². The molecule has 0 radical (unpaired) electrons. The van der Waals surface area contributed by atoms with Crippen LogP contribution in [-0.2, 0) is 19.6 Å². The molecule has 9 nitrogen and oxygen atoms in total. The highest BCUT2D eigenvalue weighted by Gasteiger charge is 2.29. The van der Waals surface area contributed by atoms with Gasteiger partial charge < -0.3 is 14.4 Å². The number of carbonyl (C=O) groups excluding carboxylic acids is 1. The number of benzene rings is 1. The molecule has 10 heteroatoms. The van der Waals surface area contributed by atoms with E-state index in [0.717, 1.165) is 10.00 Å². The fourth-order valence-corrected chi connectivity index (χ4v) is 4.41. The molecule has 174 valence electrons. The van der Waals surface area contributed by atoms with Crippen molar-refractivity contribution < 1.29 is 22.7 Å². The Bertz CT molecular complexity index is 1030. The average Bonchev–Trinajstić information content (AvgIpc) is 2.78. The van der Waals surface area contributed by atoms with Crippen molar-refractivity contribution in [1.82, 2.24) is 19.2 Å². The predicted octanol–water partition coefficient (Wildman–Crippen LogP) is 1.84. The van der Waals surface area contributed by atoms with Crippen molar-refractivity contribution in [3.8, 4) is 5.88 Å². The number of rotatable bonds is 8. The van der Waals surface area contributed by atoms with Crippen LogP contribution in [0.25, 0.3) is 0 Å². The van der Waals surface area contributed by atoms with Crippen molar-refractivity contribution in [1.29, 1.82) is 0 Å². The molecule has 1 aromatic carbocycles. The lowest BCUT2D eigenvalue weighted by atomic mass is 10.2. The summed E-state index contributed by atoms with van der Waals surface area (Å²) in [5.41, 5.74) is 0.822. The van der Waals surface area contributed by atoms with Gasteiger partial charge in [-0.25, -0.2) is 13.4 Å². The average molecular weight is 463 g/mol. The van der Waals surface area contributed by atoms with E-state index in [1.165, 1.54) is 19.2 Å². The third-order valence-corrected chi connectivity index (χ3v) is 6.90. The molecular weight excluding hydrogens is 432 g/mol. The molecule has 1 unspecified atom stereocenters. The van der Waals surface area contributed by atoms with Gasteiger partial charge in [0.05, 0.1) is 24.6 Å². The van der Waals surface area contributed by atoms with E-state index in [1.54, 1.807) is 29.2 Å². The highest BCUT2D eigenvalue weighted by Crippen LogP contribution is 2.17. The van der Waals surface area contributed by atoms with E-state index < -0.39 is 10.0 Å². The first-order valence-corrected chi connectivity index (χ1v) is 12.0. The van der Waals surface area contributed by atoms with Gasteiger partial charge in [-0.2, -0.15) is 9.29 Å². The normalized spacial score (nSPS) is 17.1. The second kappa shape index (κ2) is 10.4. The minimum atomic E-state index is -3.73. The molecule has 1 saturated heterocycles. The minimum absolute atomic E-state index is 0.157.